The van der Waals surface area contributed by atoms with Gasteiger partial charge < -0.3 is 31.7 Å². The third kappa shape index (κ3) is 3.46. The molecule has 1 fully saturated rings. The van der Waals surface area contributed by atoms with E-state index in [4.69, 9.17) is 16.2 Å². The summed E-state index contributed by atoms with van der Waals surface area (Å²) in [5, 5.41) is 23.2. The number of amides is 1. The molecule has 142 valence electrons. The zero-order valence-corrected chi connectivity index (χ0v) is 14.2. The van der Waals surface area contributed by atoms with E-state index in [0.717, 1.165) is 19.3 Å². The third-order valence-corrected chi connectivity index (χ3v) is 4.34. The molecule has 3 heterocycles. The summed E-state index contributed by atoms with van der Waals surface area (Å²) in [6.45, 7) is 1.06. The van der Waals surface area contributed by atoms with E-state index in [-0.39, 0.29) is 5.82 Å². The van der Waals surface area contributed by atoms with Crippen LogP contribution in [0.5, 0.6) is 0 Å². The second-order valence-electron chi connectivity index (χ2n) is 6.15. The van der Waals surface area contributed by atoms with E-state index in [9.17, 15) is 15.0 Å². The number of anilines is 1. The van der Waals surface area contributed by atoms with Crippen LogP contribution in [0.25, 0.3) is 11.2 Å². The Labute approximate surface area is 149 Å². The molecule has 11 nitrogen and oxygen atoms in total. The molecular formula is C15H23N7O4. The molecule has 0 saturated carbocycles. The Kier molecular flexibility index (Phi) is 5.61. The van der Waals surface area contributed by atoms with Gasteiger partial charge in [-0.15, -0.1) is 0 Å². The number of nitrogens with zero attached hydrogens (tertiary/aromatic N) is 4. The van der Waals surface area contributed by atoms with Crippen molar-refractivity contribution in [2.75, 3.05) is 18.8 Å². The summed E-state index contributed by atoms with van der Waals surface area (Å²) < 4.78 is 7.03. The predicted molar refractivity (Wildman–Crippen MR) is 91.6 cm³/mol. The van der Waals surface area contributed by atoms with E-state index < -0.39 is 30.4 Å². The van der Waals surface area contributed by atoms with Crippen LogP contribution in [0.4, 0.5) is 5.82 Å². The monoisotopic (exact) mass is 365 g/mol. The molecule has 0 radical (unpaired) electrons. The van der Waals surface area contributed by atoms with Gasteiger partial charge in [0, 0.05) is 6.54 Å². The fourth-order valence-corrected chi connectivity index (χ4v) is 2.92. The van der Waals surface area contributed by atoms with Gasteiger partial charge in [0.2, 0.25) is 0 Å². The molecule has 2 aromatic rings. The Morgan fingerprint density at radius 2 is 2.04 bits per heavy atom. The van der Waals surface area contributed by atoms with Crippen molar-refractivity contribution in [1.29, 1.82) is 0 Å². The van der Waals surface area contributed by atoms with Crippen molar-refractivity contribution in [1.82, 2.24) is 24.8 Å². The maximum absolute atomic E-state index is 12.3. The highest BCUT2D eigenvalue weighted by atomic mass is 16.6. The Bertz CT molecular complexity index is 768. The van der Waals surface area contributed by atoms with Gasteiger partial charge in [-0.3, -0.25) is 9.36 Å². The van der Waals surface area contributed by atoms with Crippen LogP contribution in [0.2, 0.25) is 0 Å². The normalized spacial score (nSPS) is 25.7. The summed E-state index contributed by atoms with van der Waals surface area (Å²) in [6, 6.07) is 0. The van der Waals surface area contributed by atoms with Crippen LogP contribution in [-0.2, 0) is 9.53 Å². The lowest BCUT2D eigenvalue weighted by Crippen LogP contribution is -2.43. The van der Waals surface area contributed by atoms with Gasteiger partial charge in [-0.05, 0) is 19.4 Å². The van der Waals surface area contributed by atoms with E-state index in [0.29, 0.717) is 24.3 Å². The number of hydrogen-bond acceptors (Lipinski definition) is 9. The molecule has 1 aliphatic rings. The first-order valence-corrected chi connectivity index (χ1v) is 8.47. The number of aromatic nitrogens is 4. The van der Waals surface area contributed by atoms with Crippen LogP contribution in [-0.4, -0.2) is 67.0 Å². The molecule has 0 unspecified atom stereocenters. The zero-order valence-electron chi connectivity index (χ0n) is 14.2. The molecule has 0 bridgehead atoms. The second kappa shape index (κ2) is 7.91. The molecule has 7 N–H and O–H groups in total. The zero-order chi connectivity index (χ0) is 18.7. The van der Waals surface area contributed by atoms with Crippen molar-refractivity contribution >= 4 is 22.9 Å². The van der Waals surface area contributed by atoms with Crippen LogP contribution in [0.3, 0.4) is 0 Å². The average Bonchev–Trinajstić information content (AvgIpc) is 3.18. The van der Waals surface area contributed by atoms with Crippen LogP contribution in [0.1, 0.15) is 25.5 Å². The number of nitrogens with one attached hydrogen (secondary N) is 1. The van der Waals surface area contributed by atoms with Crippen molar-refractivity contribution in [3.8, 4) is 0 Å². The van der Waals surface area contributed by atoms with Gasteiger partial charge in [-0.25, -0.2) is 15.0 Å². The molecule has 26 heavy (non-hydrogen) atoms. The minimum Gasteiger partial charge on any atom is -0.387 e. The van der Waals surface area contributed by atoms with Crippen LogP contribution in [0.15, 0.2) is 12.7 Å². The molecule has 4 atom stereocenters. The topological polar surface area (TPSA) is 174 Å². The summed E-state index contributed by atoms with van der Waals surface area (Å²) in [4.78, 5) is 24.3. The number of nitrogen functional groups attached to an aromatic ring is 1. The number of fused-ring (bicyclic) bond motifs is 1. The van der Waals surface area contributed by atoms with Gasteiger partial charge in [0.25, 0.3) is 5.91 Å². The second-order valence-corrected chi connectivity index (χ2v) is 6.15. The van der Waals surface area contributed by atoms with Crippen LogP contribution in [0, 0.1) is 0 Å². The maximum atomic E-state index is 12.3. The molecule has 11 heteroatoms. The standard InChI is InChI=1S/C15H23N7O4/c16-4-2-1-3-5-18-14(25)11-9(23)10(24)15(26-11)22-7-21-8-12(17)19-6-20-13(8)22/h6-7,9-11,15,23-24H,1-5,16H2,(H,18,25)(H2,17,19,20)/t9-,10+,11-,15+/m0/s1. The number of unbranched alkanes of at least 4 members (excludes halogenated alkanes) is 2. The lowest BCUT2D eigenvalue weighted by molar-refractivity contribution is -0.137. The molecule has 1 aliphatic heterocycles. The Balaban J connectivity index is 1.69. The fourth-order valence-electron chi connectivity index (χ4n) is 2.92. The number of imidazole rings is 1. The average molecular weight is 365 g/mol. The molecule has 0 spiro atoms. The summed E-state index contributed by atoms with van der Waals surface area (Å²) in [7, 11) is 0. The number of aliphatic hydroxyl groups excluding tert-OH is 2. The van der Waals surface area contributed by atoms with Crippen LogP contribution >= 0.6 is 0 Å². The summed E-state index contributed by atoms with van der Waals surface area (Å²) in [6.07, 6.45) is 0.300. The number of carbonyl (C=O) groups is 1. The molecule has 1 amide bonds. The minimum absolute atomic E-state index is 0.188. The number of rotatable bonds is 7. The number of hydrogen-bond donors (Lipinski definition) is 5. The fraction of sp³-hybridized carbons (Fsp3) is 0.600. The number of ether oxygens (including phenoxy) is 1. The highest BCUT2D eigenvalue weighted by Gasteiger charge is 2.47. The maximum Gasteiger partial charge on any atom is 0.252 e. The lowest BCUT2D eigenvalue weighted by Gasteiger charge is -2.16. The molecule has 3 rings (SSSR count). The van der Waals surface area contributed by atoms with Crippen molar-refractivity contribution in [2.24, 2.45) is 5.73 Å². The van der Waals surface area contributed by atoms with Gasteiger partial charge in [-0.1, -0.05) is 6.42 Å². The summed E-state index contributed by atoms with van der Waals surface area (Å²) in [5.41, 5.74) is 11.9. The van der Waals surface area contributed by atoms with E-state index in [1.807, 2.05) is 0 Å². The van der Waals surface area contributed by atoms with E-state index in [2.05, 4.69) is 20.3 Å². The van der Waals surface area contributed by atoms with Crippen molar-refractivity contribution < 1.29 is 19.7 Å². The first-order chi connectivity index (χ1) is 12.5. The first kappa shape index (κ1) is 18.5. The first-order valence-electron chi connectivity index (χ1n) is 8.47. The largest absolute Gasteiger partial charge is 0.387 e. The predicted octanol–water partition coefficient (Wildman–Crippen LogP) is -1.73. The minimum atomic E-state index is -1.37. The van der Waals surface area contributed by atoms with E-state index in [1.54, 1.807) is 0 Å². The molecule has 2 aromatic heterocycles. The smallest absolute Gasteiger partial charge is 0.252 e. The van der Waals surface area contributed by atoms with Gasteiger partial charge in [0.15, 0.2) is 23.8 Å². The van der Waals surface area contributed by atoms with Gasteiger partial charge in [0.1, 0.15) is 24.1 Å². The lowest BCUT2D eigenvalue weighted by atomic mass is 10.1. The van der Waals surface area contributed by atoms with Gasteiger partial charge in [-0.2, -0.15) is 0 Å². The highest BCUT2D eigenvalue weighted by Crippen LogP contribution is 2.32. The van der Waals surface area contributed by atoms with Gasteiger partial charge >= 0.3 is 0 Å². The van der Waals surface area contributed by atoms with Crippen LogP contribution < -0.4 is 16.8 Å². The quantitative estimate of drug-likeness (QED) is 0.357. The summed E-state index contributed by atoms with van der Waals surface area (Å²) in [5.74, 6) is -0.293. The Hall–Kier alpha value is -2.34. The van der Waals surface area contributed by atoms with Crippen molar-refractivity contribution in [2.45, 2.75) is 43.8 Å². The molecule has 0 aromatic carbocycles. The van der Waals surface area contributed by atoms with Crippen molar-refractivity contribution in [3.63, 3.8) is 0 Å². The molecule has 1 saturated heterocycles. The Morgan fingerprint density at radius 1 is 1.23 bits per heavy atom. The number of nitrogens with two attached hydrogens (primary N) is 2. The number of carbonyl (C=O) groups excluding carboxylic acids is 1. The molecular weight excluding hydrogens is 342 g/mol. The third-order valence-electron chi connectivity index (χ3n) is 4.34. The SMILES string of the molecule is NCCCCCNC(=O)[C@H]1O[C@@H](n2cnc3c(N)ncnc32)[C@H](O)[C@@H]1O. The number of aliphatic hydroxyl groups is 2. The van der Waals surface area contributed by atoms with Gasteiger partial charge in [0.05, 0.1) is 6.33 Å². The van der Waals surface area contributed by atoms with E-state index >= 15 is 0 Å². The summed E-state index contributed by atoms with van der Waals surface area (Å²) >= 11 is 0. The van der Waals surface area contributed by atoms with Crippen molar-refractivity contribution in [3.05, 3.63) is 12.7 Å². The van der Waals surface area contributed by atoms with E-state index in [1.165, 1.54) is 17.2 Å². The molecule has 0 aliphatic carbocycles. The Morgan fingerprint density at radius 3 is 2.81 bits per heavy atom. The highest BCUT2D eigenvalue weighted by molar-refractivity contribution is 5.82.